The van der Waals surface area contributed by atoms with Gasteiger partial charge in [-0.05, 0) is 23.8 Å². The van der Waals surface area contributed by atoms with Crippen LogP contribution in [-0.4, -0.2) is 33.7 Å². The maximum atomic E-state index is 13.7. The Kier molecular flexibility index (Phi) is 5.84. The van der Waals surface area contributed by atoms with Crippen LogP contribution in [0.5, 0.6) is 0 Å². The van der Waals surface area contributed by atoms with Gasteiger partial charge in [-0.2, -0.15) is 0 Å². The Balaban J connectivity index is 1.66. The Morgan fingerprint density at radius 2 is 1.59 bits per heavy atom. The van der Waals surface area contributed by atoms with Crippen molar-refractivity contribution < 1.29 is 14.7 Å². The molecule has 2 N–H and O–H groups in total. The summed E-state index contributed by atoms with van der Waals surface area (Å²) in [6.07, 6.45) is 1.29. The molecule has 5 rings (SSSR count). The van der Waals surface area contributed by atoms with E-state index < -0.39 is 33.9 Å². The molecule has 0 atom stereocenters. The summed E-state index contributed by atoms with van der Waals surface area (Å²) in [7, 11) is 1.84. The van der Waals surface area contributed by atoms with E-state index in [1.54, 1.807) is 54.6 Å². The molecule has 0 amide bonds. The van der Waals surface area contributed by atoms with Crippen LogP contribution < -0.4 is 10.5 Å². The summed E-state index contributed by atoms with van der Waals surface area (Å²) in [4.78, 5) is 49.1. The maximum absolute atomic E-state index is 13.7. The number of aromatic nitrogens is 2. The Morgan fingerprint density at radius 1 is 0.946 bits per heavy atom. The topological polar surface area (TPSA) is 103 Å². The van der Waals surface area contributed by atoms with Gasteiger partial charge < -0.3 is 15.0 Å². The second kappa shape index (κ2) is 9.02. The lowest BCUT2D eigenvalue weighted by Gasteiger charge is -2.23. The van der Waals surface area contributed by atoms with Gasteiger partial charge >= 0.3 is 0 Å². The molecular weight excluding hydrogens is 466 g/mol. The van der Waals surface area contributed by atoms with Crippen molar-refractivity contribution in [3.8, 4) is 0 Å². The summed E-state index contributed by atoms with van der Waals surface area (Å²) in [5.74, 6) is -2.38. The first-order chi connectivity index (χ1) is 17.7. The number of nitrogens with zero attached hydrogens (tertiary/aromatic N) is 2. The SMILES string of the molecule is CN1C(=CC(=O)C(=O)/C(=C(/O)c2ccccc2)c2nc3ccccc3[nH]c2=O)C(C)(C)c2ccccc21. The van der Waals surface area contributed by atoms with Gasteiger partial charge in [0.15, 0.2) is 0 Å². The number of H-pyrrole nitrogens is 1. The second-order valence-electron chi connectivity index (χ2n) is 9.45. The average Bonchev–Trinajstić information content (AvgIpc) is 3.10. The van der Waals surface area contributed by atoms with Crippen LogP contribution in [-0.2, 0) is 15.0 Å². The highest BCUT2D eigenvalue weighted by Crippen LogP contribution is 2.46. The number of aliphatic hydroxyl groups is 1. The molecule has 0 radical (unpaired) electrons. The molecule has 7 nitrogen and oxygen atoms in total. The number of aliphatic hydroxyl groups excluding tert-OH is 1. The van der Waals surface area contributed by atoms with Crippen molar-refractivity contribution in [1.29, 1.82) is 0 Å². The molecule has 1 aliphatic heterocycles. The molecule has 4 aromatic rings. The number of ketones is 2. The van der Waals surface area contributed by atoms with Gasteiger partial charge in [-0.1, -0.05) is 74.5 Å². The van der Waals surface area contributed by atoms with Crippen molar-refractivity contribution in [2.24, 2.45) is 0 Å². The smallest absolute Gasteiger partial charge is 0.275 e. The van der Waals surface area contributed by atoms with Crippen molar-refractivity contribution in [1.82, 2.24) is 9.97 Å². The lowest BCUT2D eigenvalue weighted by atomic mass is 9.83. The highest BCUT2D eigenvalue weighted by atomic mass is 16.3. The minimum atomic E-state index is -1.03. The number of allylic oxidation sites excluding steroid dienone is 3. The lowest BCUT2D eigenvalue weighted by molar-refractivity contribution is -0.130. The van der Waals surface area contributed by atoms with Crippen LogP contribution in [0, 0.1) is 0 Å². The number of aromatic amines is 1. The zero-order chi connectivity index (χ0) is 26.3. The van der Waals surface area contributed by atoms with Gasteiger partial charge in [-0.15, -0.1) is 0 Å². The Bertz CT molecular complexity index is 1680. The Labute approximate surface area is 213 Å². The average molecular weight is 492 g/mol. The van der Waals surface area contributed by atoms with Crippen molar-refractivity contribution in [2.75, 3.05) is 11.9 Å². The normalized spacial score (nSPS) is 16.0. The highest BCUT2D eigenvalue weighted by Gasteiger charge is 2.39. The zero-order valence-electron chi connectivity index (χ0n) is 20.6. The van der Waals surface area contributed by atoms with Crippen LogP contribution in [0.25, 0.3) is 22.4 Å². The van der Waals surface area contributed by atoms with E-state index in [9.17, 15) is 19.5 Å². The number of carbonyl (C=O) groups is 2. The quantitative estimate of drug-likeness (QED) is 0.236. The first kappa shape index (κ1) is 23.9. The van der Waals surface area contributed by atoms with Gasteiger partial charge in [-0.25, -0.2) is 4.98 Å². The highest BCUT2D eigenvalue weighted by molar-refractivity contribution is 6.58. The molecule has 0 saturated carbocycles. The number of likely N-dealkylation sites (N-methyl/N-ethyl adjacent to an activating group) is 1. The summed E-state index contributed by atoms with van der Waals surface area (Å²) in [6, 6.07) is 22.9. The fourth-order valence-corrected chi connectivity index (χ4v) is 4.84. The van der Waals surface area contributed by atoms with Gasteiger partial charge in [0.1, 0.15) is 11.5 Å². The molecule has 0 aliphatic carbocycles. The molecule has 0 saturated heterocycles. The fraction of sp³-hybridized carbons (Fsp3) is 0.133. The van der Waals surface area contributed by atoms with E-state index in [0.717, 1.165) is 11.3 Å². The summed E-state index contributed by atoms with van der Waals surface area (Å²) in [6.45, 7) is 3.96. The summed E-state index contributed by atoms with van der Waals surface area (Å²) >= 11 is 0. The number of para-hydroxylation sites is 3. The van der Waals surface area contributed by atoms with Crippen LogP contribution >= 0.6 is 0 Å². The number of hydrogen-bond acceptors (Lipinski definition) is 6. The Hall–Kier alpha value is -4.78. The van der Waals surface area contributed by atoms with E-state index in [1.165, 1.54) is 6.08 Å². The number of carbonyl (C=O) groups excluding carboxylic acids is 2. The largest absolute Gasteiger partial charge is 0.506 e. The van der Waals surface area contributed by atoms with Crippen molar-refractivity contribution in [3.05, 3.63) is 118 Å². The fourth-order valence-electron chi connectivity index (χ4n) is 4.84. The number of anilines is 1. The number of nitrogens with one attached hydrogen (secondary N) is 1. The molecule has 3 aromatic carbocycles. The third kappa shape index (κ3) is 4.04. The summed E-state index contributed by atoms with van der Waals surface area (Å²) in [5.41, 5.74) is 1.78. The van der Waals surface area contributed by atoms with Gasteiger partial charge in [0.25, 0.3) is 5.56 Å². The number of Topliss-reactive ketones (excluding diaryl/α,β-unsaturated/α-hetero) is 1. The van der Waals surface area contributed by atoms with Crippen molar-refractivity contribution in [3.63, 3.8) is 0 Å². The number of fused-ring (bicyclic) bond motifs is 2. The van der Waals surface area contributed by atoms with Crippen LogP contribution in [0.15, 0.2) is 95.4 Å². The molecule has 0 spiro atoms. The minimum absolute atomic E-state index is 0.284. The van der Waals surface area contributed by atoms with Gasteiger partial charge in [0, 0.05) is 35.5 Å². The van der Waals surface area contributed by atoms with Crippen LogP contribution in [0.3, 0.4) is 0 Å². The number of hydrogen-bond donors (Lipinski definition) is 2. The molecule has 0 unspecified atom stereocenters. The van der Waals surface area contributed by atoms with E-state index in [0.29, 0.717) is 16.7 Å². The van der Waals surface area contributed by atoms with E-state index in [4.69, 9.17) is 0 Å². The lowest BCUT2D eigenvalue weighted by Crippen LogP contribution is -2.27. The van der Waals surface area contributed by atoms with Crippen LogP contribution in [0.1, 0.15) is 30.7 Å². The summed E-state index contributed by atoms with van der Waals surface area (Å²) in [5, 5.41) is 11.2. The summed E-state index contributed by atoms with van der Waals surface area (Å²) < 4.78 is 0. The molecule has 1 aliphatic rings. The third-order valence-corrected chi connectivity index (χ3v) is 6.78. The van der Waals surface area contributed by atoms with Crippen LogP contribution in [0.2, 0.25) is 0 Å². The standard InChI is InChI=1S/C30H25N3O4/c1-30(2)19-13-7-10-16-22(19)33(3)24(30)17-23(34)28(36)25(27(35)18-11-5-4-6-12-18)26-29(37)32-21-15-9-8-14-20(21)31-26/h4-17,35H,1-3H3,(H,32,37)/b24-17?,27-25+. The van der Waals surface area contributed by atoms with Gasteiger partial charge in [0.05, 0.1) is 16.6 Å². The van der Waals surface area contributed by atoms with Gasteiger partial charge in [0.2, 0.25) is 11.6 Å². The molecule has 2 heterocycles. The van der Waals surface area contributed by atoms with Crippen LogP contribution in [0.4, 0.5) is 5.69 Å². The zero-order valence-corrected chi connectivity index (χ0v) is 20.6. The second-order valence-corrected chi connectivity index (χ2v) is 9.45. The molecule has 184 valence electrons. The minimum Gasteiger partial charge on any atom is -0.506 e. The molecule has 37 heavy (non-hydrogen) atoms. The van der Waals surface area contributed by atoms with Crippen molar-refractivity contribution in [2.45, 2.75) is 19.3 Å². The first-order valence-electron chi connectivity index (χ1n) is 11.8. The predicted octanol–water partition coefficient (Wildman–Crippen LogP) is 4.80. The van der Waals surface area contributed by atoms with E-state index in [-0.39, 0.29) is 11.3 Å². The van der Waals surface area contributed by atoms with E-state index in [1.807, 2.05) is 50.1 Å². The molecule has 0 bridgehead atoms. The monoisotopic (exact) mass is 491 g/mol. The molecular formula is C30H25N3O4. The molecule has 0 fully saturated rings. The van der Waals surface area contributed by atoms with Crippen molar-refractivity contribution >= 4 is 39.6 Å². The maximum Gasteiger partial charge on any atom is 0.275 e. The predicted molar refractivity (Wildman–Crippen MR) is 144 cm³/mol. The van der Waals surface area contributed by atoms with E-state index >= 15 is 0 Å². The van der Waals surface area contributed by atoms with E-state index in [2.05, 4.69) is 9.97 Å². The molecule has 7 heteroatoms. The molecule has 1 aromatic heterocycles. The number of benzene rings is 3. The van der Waals surface area contributed by atoms with Gasteiger partial charge in [-0.3, -0.25) is 14.4 Å². The first-order valence-corrected chi connectivity index (χ1v) is 11.8. The third-order valence-electron chi connectivity index (χ3n) is 6.78. The Morgan fingerprint density at radius 3 is 2.32 bits per heavy atom. The number of rotatable bonds is 5.